The fourth-order valence-corrected chi connectivity index (χ4v) is 1.49. The van der Waals surface area contributed by atoms with Crippen molar-refractivity contribution in [1.82, 2.24) is 0 Å². The van der Waals surface area contributed by atoms with Crippen LogP contribution < -0.4 is 0 Å². The van der Waals surface area contributed by atoms with Gasteiger partial charge in [0.25, 0.3) is 0 Å². The van der Waals surface area contributed by atoms with E-state index in [4.69, 9.17) is 5.11 Å². The van der Waals surface area contributed by atoms with Crippen molar-refractivity contribution in [2.75, 3.05) is 0 Å². The average molecular weight is 194 g/mol. The number of phenols is 1. The normalized spacial score (nSPS) is 10.1. The number of carbonyl (C=O) groups is 1. The van der Waals surface area contributed by atoms with Gasteiger partial charge in [-0.3, -0.25) is 4.79 Å². The van der Waals surface area contributed by atoms with E-state index in [1.54, 1.807) is 18.2 Å². The van der Waals surface area contributed by atoms with Gasteiger partial charge in [0, 0.05) is 0 Å². The lowest BCUT2D eigenvalue weighted by molar-refractivity contribution is -0.136. The van der Waals surface area contributed by atoms with Crippen LogP contribution in [0.3, 0.4) is 0 Å². The number of rotatable bonds is 4. The molecule has 0 unspecified atom stereocenters. The van der Waals surface area contributed by atoms with Crippen LogP contribution in [-0.4, -0.2) is 16.2 Å². The molecule has 0 spiro atoms. The molecule has 0 heterocycles. The second-order valence-electron chi connectivity index (χ2n) is 3.24. The summed E-state index contributed by atoms with van der Waals surface area (Å²) in [6, 6.07) is 5.02. The van der Waals surface area contributed by atoms with Crippen molar-refractivity contribution in [3.05, 3.63) is 29.3 Å². The van der Waals surface area contributed by atoms with E-state index < -0.39 is 5.97 Å². The van der Waals surface area contributed by atoms with E-state index in [1.165, 1.54) is 0 Å². The predicted octanol–water partition coefficient (Wildman–Crippen LogP) is 1.97. The third kappa shape index (κ3) is 2.49. The minimum absolute atomic E-state index is 0.0241. The van der Waals surface area contributed by atoms with Gasteiger partial charge in [0.1, 0.15) is 5.75 Å². The molecule has 2 N–H and O–H groups in total. The Morgan fingerprint density at radius 2 is 2.14 bits per heavy atom. The van der Waals surface area contributed by atoms with Gasteiger partial charge in [0.05, 0.1) is 6.42 Å². The van der Waals surface area contributed by atoms with Gasteiger partial charge >= 0.3 is 5.97 Å². The van der Waals surface area contributed by atoms with Crippen LogP contribution in [0.25, 0.3) is 0 Å². The highest BCUT2D eigenvalue weighted by molar-refractivity contribution is 5.71. The highest BCUT2D eigenvalue weighted by atomic mass is 16.4. The smallest absolute Gasteiger partial charge is 0.307 e. The quantitative estimate of drug-likeness (QED) is 0.770. The second kappa shape index (κ2) is 4.65. The molecule has 0 bridgehead atoms. The van der Waals surface area contributed by atoms with Crippen molar-refractivity contribution in [1.29, 1.82) is 0 Å². The van der Waals surface area contributed by atoms with E-state index in [2.05, 4.69) is 0 Å². The third-order valence-electron chi connectivity index (χ3n) is 2.09. The Morgan fingerprint density at radius 1 is 1.43 bits per heavy atom. The molecule has 0 amide bonds. The molecule has 3 heteroatoms. The lowest BCUT2D eigenvalue weighted by Gasteiger charge is -2.08. The molecule has 0 aliphatic heterocycles. The van der Waals surface area contributed by atoms with Crippen LogP contribution in [0.2, 0.25) is 0 Å². The Balaban J connectivity index is 3.01. The Morgan fingerprint density at radius 3 is 2.71 bits per heavy atom. The molecular formula is C11H14O3. The maximum Gasteiger partial charge on any atom is 0.307 e. The number of aromatic hydroxyl groups is 1. The summed E-state index contributed by atoms with van der Waals surface area (Å²) in [4.78, 5) is 10.6. The van der Waals surface area contributed by atoms with E-state index in [1.807, 2.05) is 6.92 Å². The number of hydrogen-bond donors (Lipinski definition) is 2. The van der Waals surface area contributed by atoms with Crippen molar-refractivity contribution in [2.45, 2.75) is 26.2 Å². The standard InChI is InChI=1S/C11H14O3/c1-2-4-9-8(7-11(13)14)5-3-6-10(9)12/h3,5-6,12H,2,4,7H2,1H3,(H,13,14). The molecule has 0 saturated heterocycles. The zero-order chi connectivity index (χ0) is 10.6. The van der Waals surface area contributed by atoms with Gasteiger partial charge in [-0.25, -0.2) is 0 Å². The van der Waals surface area contributed by atoms with Crippen LogP contribution in [0.15, 0.2) is 18.2 Å². The first-order chi connectivity index (χ1) is 6.65. The van der Waals surface area contributed by atoms with Crippen molar-refractivity contribution < 1.29 is 15.0 Å². The lowest BCUT2D eigenvalue weighted by Crippen LogP contribution is -2.03. The summed E-state index contributed by atoms with van der Waals surface area (Å²) in [7, 11) is 0. The molecule has 0 aliphatic rings. The molecule has 0 saturated carbocycles. The number of carboxylic acid groups (broad SMARTS) is 1. The van der Waals surface area contributed by atoms with Crippen LogP contribution in [0, 0.1) is 0 Å². The summed E-state index contributed by atoms with van der Waals surface area (Å²) in [5.74, 6) is -0.668. The summed E-state index contributed by atoms with van der Waals surface area (Å²) in [5.41, 5.74) is 1.47. The van der Waals surface area contributed by atoms with Crippen LogP contribution in [0.5, 0.6) is 5.75 Å². The van der Waals surface area contributed by atoms with Crippen LogP contribution in [0.1, 0.15) is 24.5 Å². The van der Waals surface area contributed by atoms with Gasteiger partial charge < -0.3 is 10.2 Å². The first kappa shape index (κ1) is 10.6. The minimum atomic E-state index is -0.868. The molecular weight excluding hydrogens is 180 g/mol. The van der Waals surface area contributed by atoms with E-state index in [9.17, 15) is 9.90 Å². The SMILES string of the molecule is CCCc1c(O)cccc1CC(=O)O. The molecule has 0 fully saturated rings. The molecule has 0 aromatic heterocycles. The number of benzene rings is 1. The highest BCUT2D eigenvalue weighted by Gasteiger charge is 2.09. The van der Waals surface area contributed by atoms with Gasteiger partial charge in [0.2, 0.25) is 0 Å². The number of carboxylic acids is 1. The number of phenolic OH excluding ortho intramolecular Hbond substituents is 1. The third-order valence-corrected chi connectivity index (χ3v) is 2.09. The number of aliphatic carboxylic acids is 1. The maximum absolute atomic E-state index is 10.6. The molecule has 14 heavy (non-hydrogen) atoms. The number of hydrogen-bond acceptors (Lipinski definition) is 2. The lowest BCUT2D eigenvalue weighted by atomic mass is 10.00. The van der Waals surface area contributed by atoms with Gasteiger partial charge in [0.15, 0.2) is 0 Å². The van der Waals surface area contributed by atoms with Crippen molar-refractivity contribution in [3.63, 3.8) is 0 Å². The Kier molecular flexibility index (Phi) is 3.51. The topological polar surface area (TPSA) is 57.5 Å². The monoisotopic (exact) mass is 194 g/mol. The van der Waals surface area contributed by atoms with Gasteiger partial charge in [-0.15, -0.1) is 0 Å². The van der Waals surface area contributed by atoms with E-state index in [0.717, 1.165) is 18.4 Å². The van der Waals surface area contributed by atoms with Gasteiger partial charge in [-0.1, -0.05) is 25.5 Å². The largest absolute Gasteiger partial charge is 0.508 e. The molecule has 1 aromatic carbocycles. The first-order valence-electron chi connectivity index (χ1n) is 4.66. The molecule has 0 radical (unpaired) electrons. The molecule has 1 aromatic rings. The Hall–Kier alpha value is -1.51. The zero-order valence-corrected chi connectivity index (χ0v) is 8.16. The molecule has 0 atom stereocenters. The summed E-state index contributed by atoms with van der Waals surface area (Å²) < 4.78 is 0. The Labute approximate surface area is 83.0 Å². The molecule has 3 nitrogen and oxygen atoms in total. The van der Waals surface area contributed by atoms with Crippen molar-refractivity contribution in [3.8, 4) is 5.75 Å². The van der Waals surface area contributed by atoms with Crippen LogP contribution in [-0.2, 0) is 17.6 Å². The predicted molar refractivity (Wildman–Crippen MR) is 53.4 cm³/mol. The summed E-state index contributed by atoms with van der Waals surface area (Å²) in [6.45, 7) is 2.00. The van der Waals surface area contributed by atoms with Gasteiger partial charge in [-0.2, -0.15) is 0 Å². The molecule has 0 aliphatic carbocycles. The summed E-state index contributed by atoms with van der Waals surface area (Å²) in [5, 5.41) is 18.2. The first-order valence-corrected chi connectivity index (χ1v) is 4.66. The Bertz CT molecular complexity index is 331. The average Bonchev–Trinajstić information content (AvgIpc) is 2.10. The molecule has 1 rings (SSSR count). The second-order valence-corrected chi connectivity index (χ2v) is 3.24. The van der Waals surface area contributed by atoms with Gasteiger partial charge in [-0.05, 0) is 23.6 Å². The summed E-state index contributed by atoms with van der Waals surface area (Å²) in [6.07, 6.45) is 1.59. The fourth-order valence-electron chi connectivity index (χ4n) is 1.49. The van der Waals surface area contributed by atoms with E-state index in [-0.39, 0.29) is 12.2 Å². The van der Waals surface area contributed by atoms with E-state index in [0.29, 0.717) is 5.56 Å². The minimum Gasteiger partial charge on any atom is -0.508 e. The van der Waals surface area contributed by atoms with Crippen LogP contribution in [0.4, 0.5) is 0 Å². The highest BCUT2D eigenvalue weighted by Crippen LogP contribution is 2.22. The summed E-state index contributed by atoms with van der Waals surface area (Å²) >= 11 is 0. The van der Waals surface area contributed by atoms with Crippen LogP contribution >= 0.6 is 0 Å². The van der Waals surface area contributed by atoms with E-state index >= 15 is 0 Å². The fraction of sp³-hybridized carbons (Fsp3) is 0.364. The van der Waals surface area contributed by atoms with Crippen molar-refractivity contribution in [2.24, 2.45) is 0 Å². The van der Waals surface area contributed by atoms with Crippen molar-refractivity contribution >= 4 is 5.97 Å². The molecule has 76 valence electrons. The zero-order valence-electron chi connectivity index (χ0n) is 8.16. The maximum atomic E-state index is 10.6.